The van der Waals surface area contributed by atoms with E-state index in [1.54, 1.807) is 0 Å². The first-order chi connectivity index (χ1) is 11.2. The van der Waals surface area contributed by atoms with Gasteiger partial charge in [0.05, 0.1) is 24.9 Å². The van der Waals surface area contributed by atoms with Gasteiger partial charge in [0.1, 0.15) is 5.82 Å². The molecular weight excluding hydrogens is 294 g/mol. The number of rotatable bonds is 6. The highest BCUT2D eigenvalue weighted by Gasteiger charge is 2.51. The van der Waals surface area contributed by atoms with E-state index < -0.39 is 0 Å². The molecule has 0 amide bonds. The molecule has 1 aliphatic carbocycles. The van der Waals surface area contributed by atoms with E-state index in [9.17, 15) is 0 Å². The summed E-state index contributed by atoms with van der Waals surface area (Å²) in [5.41, 5.74) is 1.09. The lowest BCUT2D eigenvalue weighted by Gasteiger charge is -2.43. The van der Waals surface area contributed by atoms with Gasteiger partial charge in [0.2, 0.25) is 0 Å². The molecule has 1 aliphatic heterocycles. The van der Waals surface area contributed by atoms with Gasteiger partial charge in [-0.1, -0.05) is 0 Å². The molecule has 23 heavy (non-hydrogen) atoms. The molecule has 6 heteroatoms. The second kappa shape index (κ2) is 7.21. The molecule has 0 unspecified atom stereocenters. The molecule has 3 atom stereocenters. The number of hydrogen-bond donors (Lipinski definition) is 1. The summed E-state index contributed by atoms with van der Waals surface area (Å²) in [5.74, 6) is 0.802. The van der Waals surface area contributed by atoms with E-state index in [1.807, 2.05) is 26.4 Å². The first kappa shape index (κ1) is 16.8. The monoisotopic (exact) mass is 321 g/mol. The van der Waals surface area contributed by atoms with Crippen molar-refractivity contribution in [2.24, 2.45) is 0 Å². The molecule has 1 saturated carbocycles. The summed E-state index contributed by atoms with van der Waals surface area (Å²) in [6.07, 6.45) is 8.09. The zero-order valence-electron chi connectivity index (χ0n) is 14.1. The molecule has 0 aromatic carbocycles. The summed E-state index contributed by atoms with van der Waals surface area (Å²) >= 11 is 0. The van der Waals surface area contributed by atoms with E-state index in [-0.39, 0.29) is 18.3 Å². The number of ether oxygens (including phenoxy) is 2. The van der Waals surface area contributed by atoms with Crippen LogP contribution >= 0.6 is 0 Å². The predicted molar refractivity (Wildman–Crippen MR) is 86.0 cm³/mol. The maximum absolute atomic E-state index is 8.98. The van der Waals surface area contributed by atoms with Crippen molar-refractivity contribution in [1.29, 1.82) is 0 Å². The summed E-state index contributed by atoms with van der Waals surface area (Å²) in [6.45, 7) is 4.28. The van der Waals surface area contributed by atoms with Crippen LogP contribution in [-0.4, -0.2) is 64.6 Å². The Bertz CT molecular complexity index is 510. The Labute approximate surface area is 137 Å². The third-order valence-electron chi connectivity index (χ3n) is 5.32. The van der Waals surface area contributed by atoms with Crippen molar-refractivity contribution >= 4 is 0 Å². The lowest BCUT2D eigenvalue weighted by atomic mass is 9.79. The zero-order chi connectivity index (χ0) is 16.3. The second-order valence-electron chi connectivity index (χ2n) is 6.63. The fourth-order valence-electron chi connectivity index (χ4n) is 4.05. The molecule has 0 spiro atoms. The first-order valence-electron chi connectivity index (χ1n) is 8.46. The number of likely N-dealkylation sites (tertiary alicyclic amines) is 1. The van der Waals surface area contributed by atoms with E-state index in [0.717, 1.165) is 50.2 Å². The van der Waals surface area contributed by atoms with Gasteiger partial charge >= 0.3 is 0 Å². The average molecular weight is 321 g/mol. The average Bonchev–Trinajstić information content (AvgIpc) is 2.93. The highest BCUT2D eigenvalue weighted by atomic mass is 16.5. The molecule has 3 rings (SSSR count). The van der Waals surface area contributed by atoms with Crippen molar-refractivity contribution in [3.63, 3.8) is 0 Å². The Morgan fingerprint density at radius 3 is 2.83 bits per heavy atom. The Hall–Kier alpha value is -1.08. The minimum Gasteiger partial charge on any atom is -0.394 e. The molecule has 1 saturated heterocycles. The van der Waals surface area contributed by atoms with Gasteiger partial charge < -0.3 is 14.6 Å². The van der Waals surface area contributed by atoms with Crippen LogP contribution in [0.15, 0.2) is 12.4 Å². The van der Waals surface area contributed by atoms with Gasteiger partial charge in [-0.15, -0.1) is 0 Å². The summed E-state index contributed by atoms with van der Waals surface area (Å²) in [4.78, 5) is 11.1. The first-order valence-corrected chi connectivity index (χ1v) is 8.46. The van der Waals surface area contributed by atoms with Gasteiger partial charge in [-0.3, -0.25) is 4.90 Å². The van der Waals surface area contributed by atoms with Crippen LogP contribution in [0.4, 0.5) is 0 Å². The fourth-order valence-corrected chi connectivity index (χ4v) is 4.05. The van der Waals surface area contributed by atoms with Crippen LogP contribution in [0.1, 0.15) is 37.1 Å². The maximum atomic E-state index is 8.98. The quantitative estimate of drug-likeness (QED) is 0.852. The molecular formula is C17H27N3O3. The van der Waals surface area contributed by atoms with E-state index in [1.165, 1.54) is 0 Å². The highest BCUT2D eigenvalue weighted by Crippen LogP contribution is 2.43. The van der Waals surface area contributed by atoms with E-state index in [0.29, 0.717) is 12.6 Å². The summed E-state index contributed by atoms with van der Waals surface area (Å²) in [6, 6.07) is 0.353. The smallest absolute Gasteiger partial charge is 0.125 e. The van der Waals surface area contributed by atoms with Gasteiger partial charge in [-0.05, 0) is 32.6 Å². The molecule has 2 aliphatic rings. The number of aromatic nitrogens is 2. The highest BCUT2D eigenvalue weighted by molar-refractivity contribution is 5.10. The number of hydrogen-bond acceptors (Lipinski definition) is 6. The van der Waals surface area contributed by atoms with Crippen molar-refractivity contribution in [2.75, 3.05) is 26.9 Å². The molecule has 2 heterocycles. The van der Waals surface area contributed by atoms with Crippen LogP contribution in [0.2, 0.25) is 0 Å². The third-order valence-corrected chi connectivity index (χ3v) is 5.32. The maximum Gasteiger partial charge on any atom is 0.125 e. The van der Waals surface area contributed by atoms with Gasteiger partial charge in [-0.25, -0.2) is 9.97 Å². The molecule has 1 N–H and O–H groups in total. The molecule has 2 fully saturated rings. The Balaban J connectivity index is 1.69. The number of aliphatic hydroxyl groups excluding tert-OH is 1. The van der Waals surface area contributed by atoms with Crippen LogP contribution in [0, 0.1) is 6.92 Å². The third kappa shape index (κ3) is 3.55. The number of nitrogens with zero attached hydrogens (tertiary/aromatic N) is 3. The molecule has 1 aromatic rings. The SMILES string of the molecule is CO[C@@]12CC[C@H](OCCO)C[C@@H]1N(Cc1cnc(C)nc1)CC2. The van der Waals surface area contributed by atoms with E-state index >= 15 is 0 Å². The molecule has 128 valence electrons. The largest absolute Gasteiger partial charge is 0.394 e. The lowest BCUT2D eigenvalue weighted by Crippen LogP contribution is -2.51. The Morgan fingerprint density at radius 1 is 1.35 bits per heavy atom. The van der Waals surface area contributed by atoms with E-state index in [4.69, 9.17) is 14.6 Å². The van der Waals surface area contributed by atoms with E-state index in [2.05, 4.69) is 14.9 Å². The molecule has 0 bridgehead atoms. The topological polar surface area (TPSA) is 67.7 Å². The number of aryl methyl sites for hydroxylation is 1. The summed E-state index contributed by atoms with van der Waals surface area (Å²) in [7, 11) is 1.83. The van der Waals surface area contributed by atoms with Crippen molar-refractivity contribution < 1.29 is 14.6 Å². The number of aliphatic hydroxyl groups is 1. The normalized spacial score (nSPS) is 31.3. The van der Waals surface area contributed by atoms with Gasteiger partial charge in [0.15, 0.2) is 0 Å². The van der Waals surface area contributed by atoms with Crippen molar-refractivity contribution in [1.82, 2.24) is 14.9 Å². The van der Waals surface area contributed by atoms with Gasteiger partial charge in [0, 0.05) is 44.2 Å². The van der Waals surface area contributed by atoms with Crippen LogP contribution in [-0.2, 0) is 16.0 Å². The summed E-state index contributed by atoms with van der Waals surface area (Å²) in [5, 5.41) is 8.98. The minimum atomic E-state index is -0.0510. The minimum absolute atomic E-state index is 0.0510. The van der Waals surface area contributed by atoms with Gasteiger partial charge in [-0.2, -0.15) is 0 Å². The molecule has 6 nitrogen and oxygen atoms in total. The van der Waals surface area contributed by atoms with Crippen molar-refractivity contribution in [2.45, 2.75) is 56.9 Å². The second-order valence-corrected chi connectivity index (χ2v) is 6.63. The number of methoxy groups -OCH3 is 1. The molecule has 1 aromatic heterocycles. The lowest BCUT2D eigenvalue weighted by molar-refractivity contribution is -0.104. The zero-order valence-corrected chi connectivity index (χ0v) is 14.1. The van der Waals surface area contributed by atoms with Gasteiger partial charge in [0.25, 0.3) is 0 Å². The predicted octanol–water partition coefficient (Wildman–Crippen LogP) is 1.31. The van der Waals surface area contributed by atoms with Crippen LogP contribution in [0.3, 0.4) is 0 Å². The van der Waals surface area contributed by atoms with Crippen molar-refractivity contribution in [3.05, 3.63) is 23.8 Å². The standard InChI is InChI=1S/C17H27N3O3/c1-13-18-10-14(11-19-13)12-20-6-5-17(22-2)4-3-15(9-16(17)20)23-8-7-21/h10-11,15-16,21H,3-9,12H2,1-2H3/t15-,16-,17+/m0/s1. The van der Waals surface area contributed by atoms with Crippen molar-refractivity contribution in [3.8, 4) is 0 Å². The Morgan fingerprint density at radius 2 is 2.13 bits per heavy atom. The number of fused-ring (bicyclic) bond motifs is 1. The molecule has 0 radical (unpaired) electrons. The van der Waals surface area contributed by atoms with Crippen LogP contribution in [0.25, 0.3) is 0 Å². The fraction of sp³-hybridized carbons (Fsp3) is 0.765. The summed E-state index contributed by atoms with van der Waals surface area (Å²) < 4.78 is 11.8. The van der Waals surface area contributed by atoms with Crippen LogP contribution in [0.5, 0.6) is 0 Å². The Kier molecular flexibility index (Phi) is 5.26. The van der Waals surface area contributed by atoms with Crippen LogP contribution < -0.4 is 0 Å².